The molecule has 1 aromatic carbocycles. The number of phenols is 2. The number of aliphatic hydroxyl groups excluding tert-OH is 2. The lowest BCUT2D eigenvalue weighted by Gasteiger charge is -2.30. The summed E-state index contributed by atoms with van der Waals surface area (Å²) in [5.74, 6) is -2.02. The van der Waals surface area contributed by atoms with Gasteiger partial charge in [0.2, 0.25) is 11.8 Å². The van der Waals surface area contributed by atoms with E-state index in [1.165, 1.54) is 32.0 Å². The summed E-state index contributed by atoms with van der Waals surface area (Å²) in [5.41, 5.74) is 4.69. The number of aromatic hydroxyl groups is 2. The van der Waals surface area contributed by atoms with Crippen molar-refractivity contribution in [2.75, 3.05) is 37.8 Å². The highest BCUT2D eigenvalue weighted by molar-refractivity contribution is 8.13. The van der Waals surface area contributed by atoms with Gasteiger partial charge in [-0.3, -0.25) is 32.5 Å². The number of hydrogen-bond acceptors (Lipinski definition) is 20. The Morgan fingerprint density at radius 3 is 2.39 bits per heavy atom. The average Bonchev–Trinajstić information content (AvgIpc) is 3.69. The van der Waals surface area contributed by atoms with Gasteiger partial charge in [-0.2, -0.15) is 4.31 Å². The molecule has 1 aliphatic rings. The molecule has 2 amide bonds. The molecule has 3 aromatic rings. The molecule has 0 spiro atoms. The monoisotopic (exact) mass is 917 g/mol. The number of aromatic nitrogens is 4. The van der Waals surface area contributed by atoms with Gasteiger partial charge in [-0.25, -0.2) is 28.6 Å². The molecule has 1 aliphatic heterocycles. The van der Waals surface area contributed by atoms with Crippen LogP contribution in [0.15, 0.2) is 30.9 Å². The normalized spacial score (nSPS) is 21.1. The van der Waals surface area contributed by atoms with E-state index in [4.69, 9.17) is 19.5 Å². The van der Waals surface area contributed by atoms with E-state index in [0.717, 1.165) is 29.0 Å². The van der Waals surface area contributed by atoms with Gasteiger partial charge in [0.1, 0.15) is 36.3 Å². The van der Waals surface area contributed by atoms with Crippen LogP contribution in [-0.2, 0) is 57.1 Å². The fourth-order valence-electron chi connectivity index (χ4n) is 5.19. The van der Waals surface area contributed by atoms with Gasteiger partial charge >= 0.3 is 23.5 Å². The summed E-state index contributed by atoms with van der Waals surface area (Å²) in [4.78, 5) is 87.8. The van der Waals surface area contributed by atoms with Gasteiger partial charge in [0.25, 0.3) is 0 Å². The van der Waals surface area contributed by atoms with Crippen molar-refractivity contribution in [3.63, 3.8) is 0 Å². The summed E-state index contributed by atoms with van der Waals surface area (Å²) in [6, 6.07) is 3.99. The Morgan fingerprint density at radius 1 is 1.02 bits per heavy atom. The molecule has 0 saturated carbocycles. The summed E-state index contributed by atoms with van der Waals surface area (Å²) in [7, 11) is -16.5. The van der Waals surface area contributed by atoms with Gasteiger partial charge in [0, 0.05) is 37.1 Å². The number of hydrogen-bond donors (Lipinski definition) is 11. The molecular formula is C29H42N7O19P3S. The van der Waals surface area contributed by atoms with Crippen molar-refractivity contribution in [2.24, 2.45) is 5.41 Å². The lowest BCUT2D eigenvalue weighted by molar-refractivity contribution is -0.137. The molecule has 2 unspecified atom stereocenters. The summed E-state index contributed by atoms with van der Waals surface area (Å²) in [6.45, 7) is 0.258. The number of rotatable bonds is 21. The Kier molecular flexibility index (Phi) is 16.2. The van der Waals surface area contributed by atoms with Gasteiger partial charge in [-0.15, -0.1) is 0 Å². The first kappa shape index (κ1) is 48.1. The predicted octanol–water partition coefficient (Wildman–Crippen LogP) is -0.681. The lowest BCUT2D eigenvalue weighted by Crippen LogP contribution is -2.46. The Balaban J connectivity index is 1.21. The quantitative estimate of drug-likeness (QED) is 0.0358. The molecule has 26 nitrogen and oxygen atoms in total. The van der Waals surface area contributed by atoms with Gasteiger partial charge in [0.05, 0.1) is 19.5 Å². The van der Waals surface area contributed by atoms with Crippen LogP contribution in [-0.4, -0.2) is 133 Å². The van der Waals surface area contributed by atoms with Gasteiger partial charge in [-0.1, -0.05) is 31.7 Å². The average molecular weight is 918 g/mol. The highest BCUT2D eigenvalue weighted by atomic mass is 32.2. The molecule has 328 valence electrons. The standard InChI is InChI=1S/C29H42N7O19P3S/c1-29(2,24(42)27(43)32-6-5-19(39)31-7-8-59-20(40)10-15-3-4-16(37)17(38)9-15)12-52-58(49,50)55-57(47,48)51-11-18-23(54-56(44,45)46)22(41)28(53-18)36-14-35-21-25(30)33-13-34-26(21)36/h3-4,9,13-14,18,22-24,28,37-38,41-42H,5-8,10-12H2,1-2H3,(H,31,39)(H,32,43)(H,47,48)(H,49,50)(H2,30,33,34)(H2,44,45,46)/t18-,22-,23-,24+,28-/m1/s1. The second-order valence-electron chi connectivity index (χ2n) is 13.3. The molecular weight excluding hydrogens is 875 g/mol. The van der Waals surface area contributed by atoms with Crippen molar-refractivity contribution in [1.29, 1.82) is 0 Å². The number of fused-ring (bicyclic) bond motifs is 1. The smallest absolute Gasteiger partial charge is 0.481 e. The van der Waals surface area contributed by atoms with E-state index in [9.17, 15) is 68.1 Å². The van der Waals surface area contributed by atoms with Crippen molar-refractivity contribution in [2.45, 2.75) is 57.3 Å². The van der Waals surface area contributed by atoms with E-state index in [1.54, 1.807) is 0 Å². The number of anilines is 1. The molecule has 1 fully saturated rings. The van der Waals surface area contributed by atoms with Crippen molar-refractivity contribution >= 4 is 69.1 Å². The number of carbonyl (C=O) groups is 3. The summed E-state index contributed by atoms with van der Waals surface area (Å²) < 4.78 is 62.1. The maximum Gasteiger partial charge on any atom is 0.481 e. The number of phosphoric ester groups is 3. The Labute approximate surface area is 337 Å². The first-order valence-electron chi connectivity index (χ1n) is 16.9. The first-order chi connectivity index (χ1) is 27.4. The number of ether oxygens (including phenoxy) is 1. The van der Waals surface area contributed by atoms with Crippen molar-refractivity contribution < 1.29 is 90.7 Å². The van der Waals surface area contributed by atoms with Crippen LogP contribution in [0.1, 0.15) is 32.1 Å². The third-order valence-corrected chi connectivity index (χ3v) is 12.1. The number of aliphatic hydroxyl groups is 2. The van der Waals surface area contributed by atoms with Crippen LogP contribution in [0.3, 0.4) is 0 Å². The highest BCUT2D eigenvalue weighted by Gasteiger charge is 2.50. The number of imidazole rings is 1. The number of carbonyl (C=O) groups excluding carboxylic acids is 3. The maximum absolute atomic E-state index is 12.7. The Bertz CT molecular complexity index is 2140. The zero-order valence-corrected chi connectivity index (χ0v) is 34.4. The zero-order chi connectivity index (χ0) is 43.9. The minimum absolute atomic E-state index is 0.0195. The van der Waals surface area contributed by atoms with E-state index in [1.807, 2.05) is 0 Å². The SMILES string of the molecule is CC(C)(COP(=O)(O)OP(=O)(O)OC[C@H]1O[C@@H](n2cnc3c(N)ncnc32)[C@H](O)[C@@H]1OP(=O)(O)O)[C@@H](O)C(=O)NCCC(=O)NCCSC(=O)Cc1ccc(O)c(O)c1. The molecule has 0 aliphatic carbocycles. The number of nitrogens with zero attached hydrogens (tertiary/aromatic N) is 4. The minimum Gasteiger partial charge on any atom is -0.504 e. The fraction of sp³-hybridized carbons (Fsp3) is 0.517. The summed E-state index contributed by atoms with van der Waals surface area (Å²) in [6.07, 6.45) is -7.10. The molecule has 7 atom stereocenters. The number of nitrogens with one attached hydrogen (secondary N) is 2. The van der Waals surface area contributed by atoms with Crippen LogP contribution < -0.4 is 16.4 Å². The number of benzene rings is 1. The second-order valence-corrected chi connectivity index (χ2v) is 18.7. The molecule has 0 bridgehead atoms. The van der Waals surface area contributed by atoms with Crippen molar-refractivity contribution in [1.82, 2.24) is 30.2 Å². The van der Waals surface area contributed by atoms with Crippen molar-refractivity contribution in [3.8, 4) is 11.5 Å². The molecule has 2 aromatic heterocycles. The third kappa shape index (κ3) is 14.0. The van der Waals surface area contributed by atoms with E-state index >= 15 is 0 Å². The first-order valence-corrected chi connectivity index (χ1v) is 22.4. The largest absolute Gasteiger partial charge is 0.504 e. The number of amides is 2. The predicted molar refractivity (Wildman–Crippen MR) is 201 cm³/mol. The van der Waals surface area contributed by atoms with Crippen LogP contribution in [0.2, 0.25) is 0 Å². The third-order valence-electron chi connectivity index (χ3n) is 8.15. The molecule has 12 N–H and O–H groups in total. The van der Waals surface area contributed by atoms with Gasteiger partial charge in [-0.05, 0) is 17.7 Å². The van der Waals surface area contributed by atoms with Crippen LogP contribution >= 0.6 is 35.2 Å². The van der Waals surface area contributed by atoms with Crippen LogP contribution in [0, 0.1) is 5.41 Å². The molecule has 0 radical (unpaired) electrons. The maximum atomic E-state index is 12.7. The summed E-state index contributed by atoms with van der Waals surface area (Å²) in [5, 5.41) is 45.0. The zero-order valence-electron chi connectivity index (χ0n) is 30.9. The highest BCUT2D eigenvalue weighted by Crippen LogP contribution is 2.61. The number of nitrogen functional groups attached to an aromatic ring is 1. The Morgan fingerprint density at radius 2 is 1.71 bits per heavy atom. The Hall–Kier alpha value is -3.62. The molecule has 30 heteroatoms. The number of phosphoric acid groups is 3. The van der Waals surface area contributed by atoms with E-state index in [-0.39, 0.29) is 65.3 Å². The van der Waals surface area contributed by atoms with Crippen LogP contribution in [0.4, 0.5) is 5.82 Å². The molecule has 59 heavy (non-hydrogen) atoms. The number of thioether (sulfide) groups is 1. The summed E-state index contributed by atoms with van der Waals surface area (Å²) >= 11 is 0.931. The minimum atomic E-state index is -5.59. The molecule has 4 rings (SSSR count). The molecule has 1 saturated heterocycles. The van der Waals surface area contributed by atoms with E-state index in [0.29, 0.717) is 5.56 Å². The van der Waals surface area contributed by atoms with Crippen LogP contribution in [0.25, 0.3) is 11.2 Å². The van der Waals surface area contributed by atoms with E-state index < -0.39 is 84.6 Å². The topological polar surface area (TPSA) is 404 Å². The van der Waals surface area contributed by atoms with Gasteiger partial charge < -0.3 is 61.1 Å². The van der Waals surface area contributed by atoms with Crippen molar-refractivity contribution in [3.05, 3.63) is 36.4 Å². The lowest BCUT2D eigenvalue weighted by atomic mass is 9.87. The number of phenolic OH excluding ortho intramolecular Hbond substituents is 2. The number of nitrogens with two attached hydrogens (primary N) is 1. The van der Waals surface area contributed by atoms with Crippen LogP contribution in [0.5, 0.6) is 11.5 Å². The molecule has 3 heterocycles. The van der Waals surface area contributed by atoms with E-state index in [2.05, 4.69) is 34.4 Å². The fourth-order valence-corrected chi connectivity index (χ4v) is 8.72. The second kappa shape index (κ2) is 19.8. The van der Waals surface area contributed by atoms with Gasteiger partial charge in [0.15, 0.2) is 34.3 Å².